The summed E-state index contributed by atoms with van der Waals surface area (Å²) in [7, 11) is 0. The van der Waals surface area contributed by atoms with Gasteiger partial charge in [-0.25, -0.2) is 4.79 Å². The van der Waals surface area contributed by atoms with Gasteiger partial charge in [-0.05, 0) is 19.4 Å². The Morgan fingerprint density at radius 2 is 1.85 bits per heavy atom. The van der Waals surface area contributed by atoms with Gasteiger partial charge in [0, 0.05) is 31.7 Å². The van der Waals surface area contributed by atoms with Crippen molar-refractivity contribution in [2.24, 2.45) is 0 Å². The normalized spacial score (nSPS) is 14.4. The molecule has 138 valence electrons. The maximum atomic E-state index is 12.4. The average molecular weight is 358 g/mol. The highest BCUT2D eigenvalue weighted by Gasteiger charge is 2.26. The maximum Gasteiger partial charge on any atom is 0.409 e. The Labute approximate surface area is 151 Å². The van der Waals surface area contributed by atoms with Crippen LogP contribution in [0.15, 0.2) is 28.8 Å². The molecule has 8 nitrogen and oxygen atoms in total. The Hall–Kier alpha value is -2.90. The van der Waals surface area contributed by atoms with Gasteiger partial charge in [-0.3, -0.25) is 4.79 Å². The van der Waals surface area contributed by atoms with Crippen LogP contribution in [0.5, 0.6) is 0 Å². The predicted molar refractivity (Wildman–Crippen MR) is 93.4 cm³/mol. The van der Waals surface area contributed by atoms with Gasteiger partial charge >= 0.3 is 6.09 Å². The van der Waals surface area contributed by atoms with Crippen LogP contribution in [0, 0.1) is 6.92 Å². The lowest BCUT2D eigenvalue weighted by atomic mass is 10.1. The topological polar surface area (TPSA) is 88.8 Å². The molecule has 2 amide bonds. The summed E-state index contributed by atoms with van der Waals surface area (Å²) in [6, 6.07) is 7.74. The van der Waals surface area contributed by atoms with E-state index in [1.54, 1.807) is 16.7 Å². The van der Waals surface area contributed by atoms with E-state index in [9.17, 15) is 9.59 Å². The van der Waals surface area contributed by atoms with Crippen LogP contribution in [0.3, 0.4) is 0 Å². The van der Waals surface area contributed by atoms with Gasteiger partial charge in [-0.2, -0.15) is 4.98 Å². The summed E-state index contributed by atoms with van der Waals surface area (Å²) in [6.07, 6.45) is -0.280. The number of carbonyl (C=O) groups is 2. The zero-order valence-electron chi connectivity index (χ0n) is 15.0. The van der Waals surface area contributed by atoms with Crippen molar-refractivity contribution in [3.8, 4) is 11.4 Å². The van der Waals surface area contributed by atoms with Crippen molar-refractivity contribution in [3.05, 3.63) is 35.7 Å². The fourth-order valence-corrected chi connectivity index (χ4v) is 2.85. The molecule has 1 fully saturated rings. The van der Waals surface area contributed by atoms with Crippen LogP contribution in [-0.4, -0.2) is 64.7 Å². The molecule has 0 spiro atoms. The minimum Gasteiger partial charge on any atom is -0.450 e. The fourth-order valence-electron chi connectivity index (χ4n) is 2.85. The fraction of sp³-hybridized carbons (Fsp3) is 0.444. The molecule has 1 aliphatic heterocycles. The molecule has 0 saturated carbocycles. The van der Waals surface area contributed by atoms with E-state index in [1.807, 2.05) is 31.2 Å². The molecule has 0 N–H and O–H groups in total. The van der Waals surface area contributed by atoms with Crippen LogP contribution in [0.1, 0.15) is 18.4 Å². The summed E-state index contributed by atoms with van der Waals surface area (Å²) in [5.74, 6) is 0.688. The third-order valence-electron chi connectivity index (χ3n) is 4.31. The molecule has 1 aromatic heterocycles. The van der Waals surface area contributed by atoms with Gasteiger partial charge in [0.2, 0.25) is 17.6 Å². The number of carbonyl (C=O) groups excluding carboxylic acids is 2. The van der Waals surface area contributed by atoms with Crippen LogP contribution in [-0.2, 0) is 16.0 Å². The van der Waals surface area contributed by atoms with E-state index in [0.717, 1.165) is 11.1 Å². The molecule has 0 radical (unpaired) electrons. The van der Waals surface area contributed by atoms with E-state index in [0.29, 0.717) is 44.5 Å². The number of nitrogens with zero attached hydrogens (tertiary/aromatic N) is 4. The van der Waals surface area contributed by atoms with E-state index >= 15 is 0 Å². The number of aryl methyl sites for hydroxylation is 1. The predicted octanol–water partition coefficient (Wildman–Crippen LogP) is 1.89. The molecule has 8 heteroatoms. The molecule has 1 aromatic carbocycles. The molecule has 0 bridgehead atoms. The van der Waals surface area contributed by atoms with Crippen molar-refractivity contribution >= 4 is 12.0 Å². The molecule has 0 unspecified atom stereocenters. The highest BCUT2D eigenvalue weighted by Crippen LogP contribution is 2.20. The first-order valence-corrected chi connectivity index (χ1v) is 8.66. The van der Waals surface area contributed by atoms with Crippen molar-refractivity contribution < 1.29 is 18.8 Å². The van der Waals surface area contributed by atoms with Crippen LogP contribution >= 0.6 is 0 Å². The molecule has 2 heterocycles. The highest BCUT2D eigenvalue weighted by molar-refractivity contribution is 5.78. The standard InChI is InChI=1S/C18H22N4O4/c1-3-25-18(24)22-10-8-21(9-11-22)16(23)12-15-19-17(20-26-15)14-7-5-4-6-13(14)2/h4-7H,3,8-12H2,1-2H3. The SMILES string of the molecule is CCOC(=O)N1CCN(C(=O)Cc2nc(-c3ccccc3C)no2)CC1. The van der Waals surface area contributed by atoms with Gasteiger partial charge in [0.1, 0.15) is 6.42 Å². The molecule has 0 atom stereocenters. The largest absolute Gasteiger partial charge is 0.450 e. The van der Waals surface area contributed by atoms with Gasteiger partial charge in [-0.1, -0.05) is 29.4 Å². The summed E-state index contributed by atoms with van der Waals surface area (Å²) in [4.78, 5) is 31.8. The second-order valence-electron chi connectivity index (χ2n) is 6.07. The molecular formula is C18H22N4O4. The minimum absolute atomic E-state index is 0.0539. The monoisotopic (exact) mass is 358 g/mol. The number of hydrogen-bond donors (Lipinski definition) is 0. The van der Waals surface area contributed by atoms with E-state index in [1.165, 1.54) is 0 Å². The van der Waals surface area contributed by atoms with Gasteiger partial charge in [0.05, 0.1) is 6.61 Å². The highest BCUT2D eigenvalue weighted by atomic mass is 16.6. The molecule has 0 aliphatic carbocycles. The first kappa shape index (κ1) is 17.9. The maximum absolute atomic E-state index is 12.4. The van der Waals surface area contributed by atoms with Crippen LogP contribution < -0.4 is 0 Å². The summed E-state index contributed by atoms with van der Waals surface area (Å²) in [5.41, 5.74) is 1.93. The molecule has 1 saturated heterocycles. The Bertz CT molecular complexity index is 781. The number of hydrogen-bond acceptors (Lipinski definition) is 6. The van der Waals surface area contributed by atoms with Crippen molar-refractivity contribution in [1.29, 1.82) is 0 Å². The number of amides is 2. The van der Waals surface area contributed by atoms with E-state index in [-0.39, 0.29) is 18.4 Å². The molecule has 26 heavy (non-hydrogen) atoms. The number of rotatable bonds is 4. The van der Waals surface area contributed by atoms with Crippen LogP contribution in [0.2, 0.25) is 0 Å². The molecule has 2 aromatic rings. The van der Waals surface area contributed by atoms with Crippen molar-refractivity contribution in [2.45, 2.75) is 20.3 Å². The Balaban J connectivity index is 1.56. The summed E-state index contributed by atoms with van der Waals surface area (Å²) in [5, 5.41) is 3.97. The Kier molecular flexibility index (Phi) is 5.50. The quantitative estimate of drug-likeness (QED) is 0.829. The lowest BCUT2D eigenvalue weighted by Crippen LogP contribution is -2.51. The summed E-state index contributed by atoms with van der Waals surface area (Å²) >= 11 is 0. The second-order valence-corrected chi connectivity index (χ2v) is 6.07. The van der Waals surface area contributed by atoms with Gasteiger partial charge in [0.25, 0.3) is 0 Å². The van der Waals surface area contributed by atoms with E-state index in [4.69, 9.17) is 9.26 Å². The zero-order chi connectivity index (χ0) is 18.5. The molecule has 3 rings (SSSR count). The smallest absolute Gasteiger partial charge is 0.409 e. The lowest BCUT2D eigenvalue weighted by Gasteiger charge is -2.33. The van der Waals surface area contributed by atoms with Crippen LogP contribution in [0.25, 0.3) is 11.4 Å². The van der Waals surface area contributed by atoms with Gasteiger partial charge in [-0.15, -0.1) is 0 Å². The lowest BCUT2D eigenvalue weighted by molar-refractivity contribution is -0.132. The first-order valence-electron chi connectivity index (χ1n) is 8.66. The number of aromatic nitrogens is 2. The van der Waals surface area contributed by atoms with E-state index < -0.39 is 0 Å². The number of ether oxygens (including phenoxy) is 1. The Morgan fingerprint density at radius 3 is 2.54 bits per heavy atom. The average Bonchev–Trinajstić information content (AvgIpc) is 3.10. The number of piperazine rings is 1. The first-order chi connectivity index (χ1) is 12.6. The van der Waals surface area contributed by atoms with E-state index in [2.05, 4.69) is 10.1 Å². The zero-order valence-corrected chi connectivity index (χ0v) is 15.0. The minimum atomic E-state index is -0.334. The number of benzene rings is 1. The third kappa shape index (κ3) is 4.01. The van der Waals surface area contributed by atoms with Crippen molar-refractivity contribution in [3.63, 3.8) is 0 Å². The molecular weight excluding hydrogens is 336 g/mol. The molecule has 1 aliphatic rings. The van der Waals surface area contributed by atoms with Crippen LogP contribution in [0.4, 0.5) is 4.79 Å². The van der Waals surface area contributed by atoms with Gasteiger partial charge < -0.3 is 19.1 Å². The van der Waals surface area contributed by atoms with Crippen molar-refractivity contribution in [1.82, 2.24) is 19.9 Å². The second kappa shape index (κ2) is 7.99. The Morgan fingerprint density at radius 1 is 1.15 bits per heavy atom. The summed E-state index contributed by atoms with van der Waals surface area (Å²) in [6.45, 7) is 5.95. The van der Waals surface area contributed by atoms with Gasteiger partial charge in [0.15, 0.2) is 0 Å². The summed E-state index contributed by atoms with van der Waals surface area (Å²) < 4.78 is 10.2. The third-order valence-corrected chi connectivity index (χ3v) is 4.31. The van der Waals surface area contributed by atoms with Crippen molar-refractivity contribution in [2.75, 3.05) is 32.8 Å².